The highest BCUT2D eigenvalue weighted by molar-refractivity contribution is 8.41. The van der Waals surface area contributed by atoms with Crippen molar-refractivity contribution in [2.45, 2.75) is 6.92 Å². The Morgan fingerprint density at radius 2 is 1.92 bits per heavy atom. The van der Waals surface area contributed by atoms with Crippen molar-refractivity contribution < 1.29 is 9.85 Å². The highest BCUT2D eigenvalue weighted by Gasteiger charge is 2.35. The molecule has 1 aliphatic heterocycles. The number of halogens is 1. The van der Waals surface area contributed by atoms with E-state index < -0.39 is 20.0 Å². The Hall–Kier alpha value is -1.08. The summed E-state index contributed by atoms with van der Waals surface area (Å²) in [6, 6.07) is 0. The second-order valence-electron chi connectivity index (χ2n) is 2.27. The van der Waals surface area contributed by atoms with Gasteiger partial charge in [-0.15, -0.1) is 0 Å². The minimum Gasteiger partial charge on any atom is -0.258 e. The molecule has 0 N–H and O–H groups in total. The average molecular weight is 225 g/mol. The van der Waals surface area contributed by atoms with Crippen LogP contribution in [0.25, 0.3) is 0 Å². The lowest BCUT2D eigenvalue weighted by atomic mass is 10.4. The van der Waals surface area contributed by atoms with Crippen molar-refractivity contribution >= 4 is 20.8 Å². The number of hydrogen-bond acceptors (Lipinski definition) is 4. The molecular weight excluding hydrogens is 220 g/mol. The molecule has 1 rings (SSSR count). The summed E-state index contributed by atoms with van der Waals surface area (Å²) in [5.74, 6) is 0. The predicted octanol–water partition coefficient (Wildman–Crippen LogP) is 1.78. The van der Waals surface area contributed by atoms with E-state index in [4.69, 9.17) is 10.7 Å². The molecule has 0 aliphatic carbocycles. The zero-order valence-electron chi connectivity index (χ0n) is 6.43. The van der Waals surface area contributed by atoms with Gasteiger partial charge >= 0.3 is 5.03 Å². The fourth-order valence-corrected chi connectivity index (χ4v) is 2.53. The summed E-state index contributed by atoms with van der Waals surface area (Å²) in [5.41, 5.74) is -0.257. The van der Waals surface area contributed by atoms with Gasteiger partial charge < -0.3 is 0 Å². The third-order valence-electron chi connectivity index (χ3n) is 1.52. The Morgan fingerprint density at radius 3 is 2.15 bits per heavy atom. The van der Waals surface area contributed by atoms with Crippen molar-refractivity contribution in [1.82, 2.24) is 0 Å². The monoisotopic (exact) mass is 224 g/mol. The number of allylic oxidation sites excluding steroid dienone is 2. The fraction of sp³-hybridized carbons (Fsp3) is 0.200. The Labute approximate surface area is 80.0 Å². The molecular formula is C5H5ClN2O4S. The largest absolute Gasteiger partial charge is 0.307 e. The van der Waals surface area contributed by atoms with E-state index in [0.717, 1.165) is 6.08 Å². The molecule has 0 fully saturated rings. The Balaban J connectivity index is 3.10. The van der Waals surface area contributed by atoms with Gasteiger partial charge in [-0.25, -0.2) is 0 Å². The summed E-state index contributed by atoms with van der Waals surface area (Å²) in [4.78, 5) is 19.6. The van der Waals surface area contributed by atoms with Crippen LogP contribution in [0, 0.1) is 20.2 Å². The second kappa shape index (κ2) is 3.35. The number of thiol groups is 1. The molecule has 0 aromatic rings. The molecule has 0 radical (unpaired) electrons. The normalized spacial score (nSPS) is 24.5. The van der Waals surface area contributed by atoms with E-state index in [1.54, 1.807) is 0 Å². The van der Waals surface area contributed by atoms with Gasteiger partial charge in [-0.05, 0) is 6.92 Å². The van der Waals surface area contributed by atoms with Gasteiger partial charge in [0.1, 0.15) is 6.08 Å². The maximum atomic E-state index is 10.4. The van der Waals surface area contributed by atoms with Crippen LogP contribution >= 0.6 is 20.8 Å². The first-order valence-corrected chi connectivity index (χ1v) is 5.37. The molecule has 72 valence electrons. The zero-order valence-corrected chi connectivity index (χ0v) is 8.08. The molecule has 1 aliphatic rings. The van der Waals surface area contributed by atoms with E-state index in [1.807, 2.05) is 0 Å². The van der Waals surface area contributed by atoms with Crippen LogP contribution in [0.4, 0.5) is 0 Å². The first-order valence-electron chi connectivity index (χ1n) is 3.12. The zero-order chi connectivity index (χ0) is 10.2. The molecule has 8 heteroatoms. The number of hydrogen-bond donors (Lipinski definition) is 1. The van der Waals surface area contributed by atoms with E-state index in [0.29, 0.717) is 0 Å². The SMILES string of the molecule is CC1=C([N+](=O)[O-])C=C([N+](=O)[O-])[SH]1Cl. The quantitative estimate of drug-likeness (QED) is 0.440. The summed E-state index contributed by atoms with van der Waals surface area (Å²) < 4.78 is 0. The molecule has 13 heavy (non-hydrogen) atoms. The lowest BCUT2D eigenvalue weighted by molar-refractivity contribution is -0.425. The van der Waals surface area contributed by atoms with Crippen LogP contribution in [0.15, 0.2) is 21.7 Å². The van der Waals surface area contributed by atoms with Gasteiger partial charge in [0.15, 0.2) is 0 Å². The van der Waals surface area contributed by atoms with Crippen LogP contribution in [0.5, 0.6) is 0 Å². The minimum absolute atomic E-state index is 0.257. The molecule has 0 saturated carbocycles. The standard InChI is InChI=1S/C5H5ClN2O4S/c1-3-4(7(9)10)2-5(8(11)12)13(3)6/h2,13H,1H3. The molecule has 0 amide bonds. The predicted molar refractivity (Wildman–Crippen MR) is 49.6 cm³/mol. The van der Waals surface area contributed by atoms with Gasteiger partial charge in [-0.3, -0.25) is 20.2 Å². The minimum atomic E-state index is -1.63. The second-order valence-corrected chi connectivity index (χ2v) is 4.97. The van der Waals surface area contributed by atoms with Crippen molar-refractivity contribution in [2.75, 3.05) is 0 Å². The van der Waals surface area contributed by atoms with E-state index in [9.17, 15) is 20.2 Å². The molecule has 0 aromatic carbocycles. The Morgan fingerprint density at radius 1 is 1.38 bits per heavy atom. The van der Waals surface area contributed by atoms with Crippen LogP contribution in [-0.4, -0.2) is 9.85 Å². The third-order valence-corrected chi connectivity index (χ3v) is 4.31. The van der Waals surface area contributed by atoms with E-state index >= 15 is 0 Å². The topological polar surface area (TPSA) is 86.3 Å². The maximum Gasteiger partial charge on any atom is 0.307 e. The van der Waals surface area contributed by atoms with Crippen LogP contribution < -0.4 is 0 Å². The molecule has 0 aromatic heterocycles. The van der Waals surface area contributed by atoms with Gasteiger partial charge in [0.2, 0.25) is 0 Å². The lowest BCUT2D eigenvalue weighted by Gasteiger charge is -2.02. The van der Waals surface area contributed by atoms with E-state index in [1.165, 1.54) is 6.92 Å². The Bertz CT molecular complexity index is 350. The lowest BCUT2D eigenvalue weighted by Crippen LogP contribution is -1.95. The van der Waals surface area contributed by atoms with Gasteiger partial charge in [-0.1, -0.05) is 20.8 Å². The maximum absolute atomic E-state index is 10.4. The molecule has 6 nitrogen and oxygen atoms in total. The molecule has 1 heterocycles. The van der Waals surface area contributed by atoms with Crippen molar-refractivity contribution in [3.63, 3.8) is 0 Å². The van der Waals surface area contributed by atoms with Gasteiger partial charge in [-0.2, -0.15) is 0 Å². The summed E-state index contributed by atoms with van der Waals surface area (Å²) in [5, 5.41) is 20.4. The van der Waals surface area contributed by atoms with Gasteiger partial charge in [0, 0.05) is 0 Å². The summed E-state index contributed by atoms with van der Waals surface area (Å²) in [6.07, 6.45) is 0.925. The van der Waals surface area contributed by atoms with Crippen LogP contribution in [0.2, 0.25) is 0 Å². The third kappa shape index (κ3) is 1.65. The first-order chi connectivity index (χ1) is 5.95. The molecule has 1 unspecified atom stereocenters. The number of nitro groups is 2. The molecule has 0 spiro atoms. The van der Waals surface area contributed by atoms with Crippen molar-refractivity contribution in [3.05, 3.63) is 41.9 Å². The Kier molecular flexibility index (Phi) is 2.58. The average Bonchev–Trinajstić information content (AvgIpc) is 2.29. The summed E-state index contributed by atoms with van der Waals surface area (Å²) in [6.45, 7) is 1.43. The molecule has 0 bridgehead atoms. The number of nitrogens with zero attached hydrogens (tertiary/aromatic N) is 2. The highest BCUT2D eigenvalue weighted by Crippen LogP contribution is 2.53. The van der Waals surface area contributed by atoms with Crippen LogP contribution in [-0.2, 0) is 0 Å². The van der Waals surface area contributed by atoms with Crippen molar-refractivity contribution in [2.24, 2.45) is 0 Å². The fourth-order valence-electron chi connectivity index (χ4n) is 0.865. The van der Waals surface area contributed by atoms with E-state index in [2.05, 4.69) is 0 Å². The van der Waals surface area contributed by atoms with Crippen LogP contribution in [0.3, 0.4) is 0 Å². The summed E-state index contributed by atoms with van der Waals surface area (Å²) >= 11 is 0. The molecule has 1 atom stereocenters. The molecule has 0 saturated heterocycles. The van der Waals surface area contributed by atoms with Crippen LogP contribution in [0.1, 0.15) is 6.92 Å². The van der Waals surface area contributed by atoms with Crippen molar-refractivity contribution in [1.29, 1.82) is 0 Å². The first kappa shape index (κ1) is 10.0. The number of rotatable bonds is 2. The smallest absolute Gasteiger partial charge is 0.258 e. The van der Waals surface area contributed by atoms with E-state index in [-0.39, 0.29) is 15.6 Å². The van der Waals surface area contributed by atoms with Gasteiger partial charge in [0.05, 0.1) is 14.8 Å². The van der Waals surface area contributed by atoms with Gasteiger partial charge in [0.25, 0.3) is 5.70 Å². The van der Waals surface area contributed by atoms with Crippen molar-refractivity contribution in [3.8, 4) is 0 Å². The summed E-state index contributed by atoms with van der Waals surface area (Å²) in [7, 11) is 4.03. The highest BCUT2D eigenvalue weighted by atomic mass is 35.7.